The van der Waals surface area contributed by atoms with Crippen molar-refractivity contribution in [1.82, 2.24) is 0 Å². The SMILES string of the molecule is CCOC(=O)C(/C=C/c1ccccc1OCC=C(C)C)=N\O. The van der Waals surface area contributed by atoms with Crippen molar-refractivity contribution in [2.24, 2.45) is 5.16 Å². The average molecular weight is 303 g/mol. The fraction of sp³-hybridized carbons (Fsp3) is 0.294. The van der Waals surface area contributed by atoms with Gasteiger partial charge in [0.2, 0.25) is 0 Å². The zero-order valence-electron chi connectivity index (χ0n) is 13.1. The van der Waals surface area contributed by atoms with Crippen LogP contribution >= 0.6 is 0 Å². The predicted molar refractivity (Wildman–Crippen MR) is 86.3 cm³/mol. The van der Waals surface area contributed by atoms with Crippen molar-refractivity contribution in [3.63, 3.8) is 0 Å². The molecule has 0 fully saturated rings. The fourth-order valence-electron chi connectivity index (χ4n) is 1.56. The second-order valence-corrected chi connectivity index (χ2v) is 4.67. The van der Waals surface area contributed by atoms with Crippen molar-refractivity contribution in [1.29, 1.82) is 0 Å². The van der Waals surface area contributed by atoms with Crippen LogP contribution in [-0.4, -0.2) is 30.1 Å². The van der Waals surface area contributed by atoms with Crippen molar-refractivity contribution >= 4 is 17.8 Å². The summed E-state index contributed by atoms with van der Waals surface area (Å²) < 4.78 is 10.5. The molecular formula is C17H21NO4. The molecule has 1 rings (SSSR count). The molecule has 0 heterocycles. The van der Waals surface area contributed by atoms with Crippen LogP contribution in [0.1, 0.15) is 26.3 Å². The summed E-state index contributed by atoms with van der Waals surface area (Å²) in [5.41, 5.74) is 1.78. The van der Waals surface area contributed by atoms with Crippen LogP contribution in [0.25, 0.3) is 6.08 Å². The zero-order chi connectivity index (χ0) is 16.4. The number of carbonyl (C=O) groups excluding carboxylic acids is 1. The van der Waals surface area contributed by atoms with Crippen LogP contribution in [0.2, 0.25) is 0 Å². The lowest BCUT2D eigenvalue weighted by molar-refractivity contribution is -0.135. The van der Waals surface area contributed by atoms with Gasteiger partial charge < -0.3 is 14.7 Å². The third-order valence-electron chi connectivity index (χ3n) is 2.66. The number of esters is 1. The number of rotatable bonds is 7. The summed E-state index contributed by atoms with van der Waals surface area (Å²) in [6.45, 7) is 6.36. The number of oxime groups is 1. The maximum absolute atomic E-state index is 11.5. The quantitative estimate of drug-likeness (QED) is 0.275. The van der Waals surface area contributed by atoms with E-state index in [9.17, 15) is 4.79 Å². The van der Waals surface area contributed by atoms with Gasteiger partial charge in [-0.15, -0.1) is 0 Å². The standard InChI is InChI=1S/C17H21NO4/c1-4-21-17(19)15(18-20)10-9-14-7-5-6-8-16(14)22-12-11-13(2)3/h5-11,20H,4,12H2,1-3H3/b10-9+,18-15-. The Morgan fingerprint density at radius 3 is 2.68 bits per heavy atom. The largest absolute Gasteiger partial charge is 0.489 e. The molecule has 5 nitrogen and oxygen atoms in total. The second kappa shape index (κ2) is 9.39. The van der Waals surface area contributed by atoms with Crippen LogP contribution in [0.15, 0.2) is 47.1 Å². The van der Waals surface area contributed by atoms with E-state index in [0.717, 1.165) is 5.56 Å². The molecule has 0 radical (unpaired) electrons. The van der Waals surface area contributed by atoms with Gasteiger partial charge in [0, 0.05) is 5.56 Å². The molecule has 0 aliphatic rings. The molecule has 0 aromatic heterocycles. The summed E-state index contributed by atoms with van der Waals surface area (Å²) in [6.07, 6.45) is 5.00. The molecule has 0 unspecified atom stereocenters. The smallest absolute Gasteiger partial charge is 0.360 e. The molecule has 0 spiro atoms. The Labute approximate surface area is 130 Å². The minimum Gasteiger partial charge on any atom is -0.489 e. The van der Waals surface area contributed by atoms with Crippen LogP contribution in [0, 0.1) is 0 Å². The fourth-order valence-corrected chi connectivity index (χ4v) is 1.56. The topological polar surface area (TPSA) is 68.1 Å². The molecular weight excluding hydrogens is 282 g/mol. The number of benzene rings is 1. The highest BCUT2D eigenvalue weighted by Gasteiger charge is 2.10. The molecule has 5 heteroatoms. The van der Waals surface area contributed by atoms with E-state index in [0.29, 0.717) is 12.4 Å². The van der Waals surface area contributed by atoms with E-state index >= 15 is 0 Å². The van der Waals surface area contributed by atoms with E-state index in [4.69, 9.17) is 14.7 Å². The Kier molecular flexibility index (Phi) is 7.47. The summed E-state index contributed by atoms with van der Waals surface area (Å²) in [5, 5.41) is 11.8. The summed E-state index contributed by atoms with van der Waals surface area (Å²) in [7, 11) is 0. The summed E-state index contributed by atoms with van der Waals surface area (Å²) in [5.74, 6) is 0.00147. The van der Waals surface area contributed by atoms with Crippen molar-refractivity contribution in [3.8, 4) is 5.75 Å². The van der Waals surface area contributed by atoms with Gasteiger partial charge in [-0.1, -0.05) is 28.9 Å². The normalized spacial score (nSPS) is 11.3. The van der Waals surface area contributed by atoms with E-state index in [1.165, 1.54) is 11.6 Å². The average Bonchev–Trinajstić information content (AvgIpc) is 2.49. The van der Waals surface area contributed by atoms with Gasteiger partial charge in [-0.05, 0) is 45.1 Å². The molecule has 0 bridgehead atoms. The monoisotopic (exact) mass is 303 g/mol. The van der Waals surface area contributed by atoms with Gasteiger partial charge in [-0.2, -0.15) is 0 Å². The van der Waals surface area contributed by atoms with Crippen LogP contribution in [0.3, 0.4) is 0 Å². The number of hydrogen-bond acceptors (Lipinski definition) is 5. The van der Waals surface area contributed by atoms with Gasteiger partial charge in [0.05, 0.1) is 6.61 Å². The predicted octanol–water partition coefficient (Wildman–Crippen LogP) is 3.44. The zero-order valence-corrected chi connectivity index (χ0v) is 13.1. The van der Waals surface area contributed by atoms with E-state index in [1.807, 2.05) is 44.2 Å². The molecule has 0 saturated heterocycles. The maximum Gasteiger partial charge on any atom is 0.360 e. The lowest BCUT2D eigenvalue weighted by Crippen LogP contribution is -2.15. The minimum atomic E-state index is -0.677. The van der Waals surface area contributed by atoms with Gasteiger partial charge in [0.15, 0.2) is 5.71 Å². The number of carbonyl (C=O) groups is 1. The Bertz CT molecular complexity index is 584. The van der Waals surface area contributed by atoms with E-state index in [2.05, 4.69) is 5.16 Å². The number of allylic oxidation sites excluding steroid dienone is 1. The highest BCUT2D eigenvalue weighted by molar-refractivity contribution is 6.41. The first-order valence-corrected chi connectivity index (χ1v) is 7.01. The Balaban J connectivity index is 2.86. The van der Waals surface area contributed by atoms with E-state index < -0.39 is 5.97 Å². The van der Waals surface area contributed by atoms with Crippen LogP contribution in [-0.2, 0) is 9.53 Å². The first kappa shape index (κ1) is 17.5. The van der Waals surface area contributed by atoms with Gasteiger partial charge in [-0.25, -0.2) is 4.79 Å². The highest BCUT2D eigenvalue weighted by Crippen LogP contribution is 2.19. The molecule has 0 amide bonds. The molecule has 22 heavy (non-hydrogen) atoms. The minimum absolute atomic E-state index is 0.166. The Morgan fingerprint density at radius 1 is 1.32 bits per heavy atom. The van der Waals surface area contributed by atoms with Gasteiger partial charge in [-0.3, -0.25) is 0 Å². The van der Waals surface area contributed by atoms with Gasteiger partial charge in [0.1, 0.15) is 12.4 Å². The number of ether oxygens (including phenoxy) is 2. The molecule has 0 atom stereocenters. The molecule has 0 saturated carbocycles. The van der Waals surface area contributed by atoms with Crippen molar-refractivity contribution in [2.45, 2.75) is 20.8 Å². The first-order chi connectivity index (χ1) is 10.6. The van der Waals surface area contributed by atoms with Crippen molar-refractivity contribution < 1.29 is 19.5 Å². The summed E-state index contributed by atoms with van der Waals surface area (Å²) in [6, 6.07) is 7.39. The Hall–Kier alpha value is -2.56. The van der Waals surface area contributed by atoms with Crippen LogP contribution < -0.4 is 4.74 Å². The molecule has 0 aliphatic carbocycles. The molecule has 1 aromatic rings. The molecule has 0 aliphatic heterocycles. The number of para-hydroxylation sites is 1. The lowest BCUT2D eigenvalue weighted by Gasteiger charge is -2.07. The summed E-state index contributed by atoms with van der Waals surface area (Å²) in [4.78, 5) is 11.5. The van der Waals surface area contributed by atoms with Crippen LogP contribution in [0.5, 0.6) is 5.75 Å². The third-order valence-corrected chi connectivity index (χ3v) is 2.66. The second-order valence-electron chi connectivity index (χ2n) is 4.67. The molecule has 1 N–H and O–H groups in total. The Morgan fingerprint density at radius 2 is 2.05 bits per heavy atom. The number of nitrogens with zero attached hydrogens (tertiary/aromatic N) is 1. The maximum atomic E-state index is 11.5. The molecule has 118 valence electrons. The first-order valence-electron chi connectivity index (χ1n) is 7.01. The van der Waals surface area contributed by atoms with Crippen molar-refractivity contribution in [3.05, 3.63) is 47.6 Å². The van der Waals surface area contributed by atoms with Crippen LogP contribution in [0.4, 0.5) is 0 Å². The van der Waals surface area contributed by atoms with E-state index in [-0.39, 0.29) is 12.3 Å². The van der Waals surface area contributed by atoms with E-state index in [1.54, 1.807) is 13.0 Å². The molecule has 1 aromatic carbocycles. The summed E-state index contributed by atoms with van der Waals surface area (Å²) >= 11 is 0. The third kappa shape index (κ3) is 5.83. The highest BCUT2D eigenvalue weighted by atomic mass is 16.5. The van der Waals surface area contributed by atoms with Gasteiger partial charge >= 0.3 is 5.97 Å². The number of hydrogen-bond donors (Lipinski definition) is 1. The van der Waals surface area contributed by atoms with Gasteiger partial charge in [0.25, 0.3) is 0 Å². The lowest BCUT2D eigenvalue weighted by atomic mass is 10.1. The van der Waals surface area contributed by atoms with Crippen molar-refractivity contribution in [2.75, 3.05) is 13.2 Å².